The fourth-order valence-corrected chi connectivity index (χ4v) is 2.83. The van der Waals surface area contributed by atoms with Gasteiger partial charge in [-0.05, 0) is 25.8 Å². The molecule has 18 heavy (non-hydrogen) atoms. The van der Waals surface area contributed by atoms with Gasteiger partial charge in [0.25, 0.3) is 0 Å². The maximum absolute atomic E-state index is 10.9. The molecule has 1 aliphatic rings. The summed E-state index contributed by atoms with van der Waals surface area (Å²) in [4.78, 5) is 4.31. The van der Waals surface area contributed by atoms with Gasteiger partial charge in [-0.3, -0.25) is 4.68 Å². The molecule has 1 saturated heterocycles. The minimum atomic E-state index is -0.626. The zero-order chi connectivity index (χ0) is 13.0. The Balaban J connectivity index is 2.12. The van der Waals surface area contributed by atoms with Gasteiger partial charge in [0.15, 0.2) is 0 Å². The molecule has 2 heterocycles. The SMILES string of the molecule is CCCn1ncnc1CC1(O)CCNCC1CC. The van der Waals surface area contributed by atoms with Crippen molar-refractivity contribution in [2.24, 2.45) is 5.92 Å². The second kappa shape index (κ2) is 5.80. The lowest BCUT2D eigenvalue weighted by Crippen LogP contribution is -2.51. The predicted octanol–water partition coefficient (Wildman–Crippen LogP) is 0.981. The van der Waals surface area contributed by atoms with Gasteiger partial charge < -0.3 is 10.4 Å². The van der Waals surface area contributed by atoms with E-state index in [2.05, 4.69) is 29.2 Å². The number of hydrogen-bond acceptors (Lipinski definition) is 4. The van der Waals surface area contributed by atoms with Gasteiger partial charge in [-0.2, -0.15) is 5.10 Å². The fraction of sp³-hybridized carbons (Fsp3) is 0.846. The Labute approximate surface area is 109 Å². The molecule has 0 saturated carbocycles. The van der Waals surface area contributed by atoms with E-state index in [0.717, 1.165) is 44.7 Å². The summed E-state index contributed by atoms with van der Waals surface area (Å²) in [6.45, 7) is 6.92. The molecule has 1 aromatic rings. The van der Waals surface area contributed by atoms with E-state index in [4.69, 9.17) is 0 Å². The lowest BCUT2D eigenvalue weighted by Gasteiger charge is -2.39. The van der Waals surface area contributed by atoms with Crippen LogP contribution >= 0.6 is 0 Å². The van der Waals surface area contributed by atoms with Gasteiger partial charge in [-0.15, -0.1) is 0 Å². The first-order valence-corrected chi connectivity index (χ1v) is 6.99. The highest BCUT2D eigenvalue weighted by Crippen LogP contribution is 2.30. The molecule has 2 unspecified atom stereocenters. The second-order valence-electron chi connectivity index (χ2n) is 5.24. The van der Waals surface area contributed by atoms with E-state index < -0.39 is 5.60 Å². The van der Waals surface area contributed by atoms with E-state index in [1.165, 1.54) is 0 Å². The Bertz CT molecular complexity index is 379. The van der Waals surface area contributed by atoms with Crippen LogP contribution in [0.15, 0.2) is 6.33 Å². The molecule has 1 aliphatic heterocycles. The van der Waals surface area contributed by atoms with Crippen molar-refractivity contribution >= 4 is 0 Å². The Morgan fingerprint density at radius 1 is 1.56 bits per heavy atom. The summed E-state index contributed by atoms with van der Waals surface area (Å²) in [5.74, 6) is 1.22. The topological polar surface area (TPSA) is 63.0 Å². The first-order valence-electron chi connectivity index (χ1n) is 6.99. The second-order valence-corrected chi connectivity index (χ2v) is 5.24. The molecule has 5 nitrogen and oxygen atoms in total. The first-order chi connectivity index (χ1) is 8.69. The molecule has 1 fully saturated rings. The molecule has 0 aliphatic carbocycles. The summed E-state index contributed by atoms with van der Waals surface area (Å²) in [5, 5.41) is 18.5. The van der Waals surface area contributed by atoms with Crippen molar-refractivity contribution in [3.63, 3.8) is 0 Å². The first kappa shape index (κ1) is 13.5. The van der Waals surface area contributed by atoms with Crippen LogP contribution < -0.4 is 5.32 Å². The van der Waals surface area contributed by atoms with E-state index in [1.807, 2.05) is 4.68 Å². The van der Waals surface area contributed by atoms with Crippen molar-refractivity contribution < 1.29 is 5.11 Å². The van der Waals surface area contributed by atoms with Crippen LogP contribution in [-0.4, -0.2) is 38.6 Å². The maximum atomic E-state index is 10.9. The molecule has 2 rings (SSSR count). The molecular formula is C13H24N4O. The van der Waals surface area contributed by atoms with Crippen LogP contribution in [-0.2, 0) is 13.0 Å². The number of rotatable bonds is 5. The smallest absolute Gasteiger partial charge is 0.138 e. The third-order valence-electron chi connectivity index (χ3n) is 3.97. The van der Waals surface area contributed by atoms with E-state index in [0.29, 0.717) is 12.3 Å². The highest BCUT2D eigenvalue weighted by atomic mass is 16.3. The number of aryl methyl sites for hydroxylation is 1. The third-order valence-corrected chi connectivity index (χ3v) is 3.97. The molecule has 0 bridgehead atoms. The molecule has 1 aromatic heterocycles. The predicted molar refractivity (Wildman–Crippen MR) is 70.2 cm³/mol. The monoisotopic (exact) mass is 252 g/mol. The van der Waals surface area contributed by atoms with Crippen LogP contribution in [0.5, 0.6) is 0 Å². The van der Waals surface area contributed by atoms with E-state index in [1.54, 1.807) is 6.33 Å². The third kappa shape index (κ3) is 2.72. The summed E-state index contributed by atoms with van der Waals surface area (Å²) in [6, 6.07) is 0. The number of nitrogens with zero attached hydrogens (tertiary/aromatic N) is 3. The van der Waals surface area contributed by atoms with Crippen molar-refractivity contribution in [1.29, 1.82) is 0 Å². The van der Waals surface area contributed by atoms with Gasteiger partial charge in [-0.25, -0.2) is 4.98 Å². The summed E-state index contributed by atoms with van der Waals surface area (Å²) in [6.07, 6.45) is 5.03. The van der Waals surface area contributed by atoms with Crippen molar-refractivity contribution in [1.82, 2.24) is 20.1 Å². The Hall–Kier alpha value is -0.940. The van der Waals surface area contributed by atoms with Gasteiger partial charge >= 0.3 is 0 Å². The van der Waals surface area contributed by atoms with E-state index >= 15 is 0 Å². The molecular weight excluding hydrogens is 228 g/mol. The van der Waals surface area contributed by atoms with Crippen molar-refractivity contribution in [3.8, 4) is 0 Å². The van der Waals surface area contributed by atoms with Gasteiger partial charge in [0.1, 0.15) is 12.2 Å². The average molecular weight is 252 g/mol. The number of aromatic nitrogens is 3. The quantitative estimate of drug-likeness (QED) is 0.820. The molecule has 0 amide bonds. The van der Waals surface area contributed by atoms with Crippen LogP contribution in [0.3, 0.4) is 0 Å². The Morgan fingerprint density at radius 2 is 2.39 bits per heavy atom. The number of nitrogens with one attached hydrogen (secondary N) is 1. The van der Waals surface area contributed by atoms with Crippen LogP contribution in [0.25, 0.3) is 0 Å². The standard InChI is InChI=1S/C13H24N4O/c1-3-7-17-12(15-10-16-17)8-13(18)5-6-14-9-11(13)4-2/h10-11,14,18H,3-9H2,1-2H3. The maximum Gasteiger partial charge on any atom is 0.138 e. The lowest BCUT2D eigenvalue weighted by molar-refractivity contribution is -0.0436. The summed E-state index contributed by atoms with van der Waals surface area (Å²) in [5.41, 5.74) is -0.626. The number of piperidine rings is 1. The minimum absolute atomic E-state index is 0.304. The average Bonchev–Trinajstić information content (AvgIpc) is 2.77. The zero-order valence-corrected chi connectivity index (χ0v) is 11.4. The van der Waals surface area contributed by atoms with Crippen molar-refractivity contribution in [2.75, 3.05) is 13.1 Å². The minimum Gasteiger partial charge on any atom is -0.389 e. The largest absolute Gasteiger partial charge is 0.389 e. The molecule has 2 N–H and O–H groups in total. The highest BCUT2D eigenvalue weighted by Gasteiger charge is 2.38. The summed E-state index contributed by atoms with van der Waals surface area (Å²) < 4.78 is 1.92. The molecule has 0 spiro atoms. The zero-order valence-electron chi connectivity index (χ0n) is 11.4. The van der Waals surface area contributed by atoms with Gasteiger partial charge in [0, 0.05) is 25.4 Å². The number of aliphatic hydroxyl groups is 1. The van der Waals surface area contributed by atoms with Crippen LogP contribution in [0.4, 0.5) is 0 Å². The summed E-state index contributed by atoms with van der Waals surface area (Å²) >= 11 is 0. The van der Waals surface area contributed by atoms with Crippen LogP contribution in [0.1, 0.15) is 38.9 Å². The number of hydrogen-bond donors (Lipinski definition) is 2. The van der Waals surface area contributed by atoms with Crippen molar-refractivity contribution in [2.45, 2.75) is 51.7 Å². The Morgan fingerprint density at radius 3 is 3.11 bits per heavy atom. The lowest BCUT2D eigenvalue weighted by atomic mass is 9.77. The normalized spacial score (nSPS) is 28.5. The molecule has 5 heteroatoms. The van der Waals surface area contributed by atoms with Crippen LogP contribution in [0.2, 0.25) is 0 Å². The van der Waals surface area contributed by atoms with Crippen molar-refractivity contribution in [3.05, 3.63) is 12.2 Å². The molecule has 2 atom stereocenters. The Kier molecular flexibility index (Phi) is 4.35. The van der Waals surface area contributed by atoms with Crippen LogP contribution in [0, 0.1) is 5.92 Å². The fourth-order valence-electron chi connectivity index (χ4n) is 2.83. The summed E-state index contributed by atoms with van der Waals surface area (Å²) in [7, 11) is 0. The highest BCUT2D eigenvalue weighted by molar-refractivity contribution is 5.00. The van der Waals surface area contributed by atoms with Gasteiger partial charge in [0.2, 0.25) is 0 Å². The molecule has 0 radical (unpaired) electrons. The molecule has 102 valence electrons. The van der Waals surface area contributed by atoms with Gasteiger partial charge in [-0.1, -0.05) is 13.8 Å². The van der Waals surface area contributed by atoms with E-state index in [-0.39, 0.29) is 0 Å². The van der Waals surface area contributed by atoms with Gasteiger partial charge in [0.05, 0.1) is 5.60 Å². The van der Waals surface area contributed by atoms with E-state index in [9.17, 15) is 5.11 Å². The molecule has 0 aromatic carbocycles.